The van der Waals surface area contributed by atoms with E-state index in [9.17, 15) is 0 Å². The Balaban J connectivity index is 0.00000144. The minimum absolute atomic E-state index is 0. The van der Waals surface area contributed by atoms with Crippen molar-refractivity contribution in [1.82, 2.24) is 4.98 Å². The SMILES string of the molecule is C.Cc1c(C(C)C)ccnc1N1CCC(C)C1. The Kier molecular flexibility index (Phi) is 4.55. The van der Waals surface area contributed by atoms with Crippen molar-refractivity contribution < 1.29 is 0 Å². The van der Waals surface area contributed by atoms with E-state index in [1.165, 1.54) is 23.4 Å². The maximum absolute atomic E-state index is 4.56. The summed E-state index contributed by atoms with van der Waals surface area (Å²) in [5.41, 5.74) is 2.80. The standard InChI is InChI=1S/C14H22N2.CH4/c1-10(2)13-5-7-15-14(12(13)4)16-8-6-11(3)9-16;/h5,7,10-11H,6,8-9H2,1-4H3;1H4. The van der Waals surface area contributed by atoms with E-state index in [2.05, 4.69) is 43.6 Å². The second-order valence-corrected chi connectivity index (χ2v) is 5.34. The van der Waals surface area contributed by atoms with E-state index in [4.69, 9.17) is 0 Å². The minimum atomic E-state index is 0. The third-order valence-corrected chi connectivity index (χ3v) is 3.56. The van der Waals surface area contributed by atoms with Gasteiger partial charge in [-0.1, -0.05) is 28.2 Å². The predicted octanol–water partition coefficient (Wildman–Crippen LogP) is 4.00. The van der Waals surface area contributed by atoms with Crippen LogP contribution in [0.5, 0.6) is 0 Å². The van der Waals surface area contributed by atoms with E-state index in [0.717, 1.165) is 19.0 Å². The molecule has 2 heterocycles. The van der Waals surface area contributed by atoms with Crippen molar-refractivity contribution in [2.75, 3.05) is 18.0 Å². The van der Waals surface area contributed by atoms with Crippen molar-refractivity contribution >= 4 is 5.82 Å². The Morgan fingerprint density at radius 1 is 1.41 bits per heavy atom. The molecule has 0 radical (unpaired) electrons. The molecule has 1 unspecified atom stereocenters. The number of hydrogen-bond acceptors (Lipinski definition) is 2. The molecule has 17 heavy (non-hydrogen) atoms. The van der Waals surface area contributed by atoms with E-state index >= 15 is 0 Å². The van der Waals surface area contributed by atoms with Crippen molar-refractivity contribution in [1.29, 1.82) is 0 Å². The maximum Gasteiger partial charge on any atom is 0.131 e. The van der Waals surface area contributed by atoms with Gasteiger partial charge in [0.1, 0.15) is 5.82 Å². The topological polar surface area (TPSA) is 16.1 Å². The Bertz CT molecular complexity index is 371. The van der Waals surface area contributed by atoms with Crippen molar-refractivity contribution in [2.45, 2.75) is 47.5 Å². The molecule has 0 amide bonds. The first-order valence-corrected chi connectivity index (χ1v) is 6.30. The smallest absolute Gasteiger partial charge is 0.131 e. The lowest BCUT2D eigenvalue weighted by Gasteiger charge is -2.21. The largest absolute Gasteiger partial charge is 0.356 e. The molecule has 0 spiro atoms. The highest BCUT2D eigenvalue weighted by molar-refractivity contribution is 5.51. The molecule has 1 aliphatic rings. The van der Waals surface area contributed by atoms with Crippen LogP contribution in [0.4, 0.5) is 5.82 Å². The van der Waals surface area contributed by atoms with E-state index < -0.39 is 0 Å². The summed E-state index contributed by atoms with van der Waals surface area (Å²) in [7, 11) is 0. The van der Waals surface area contributed by atoms with Crippen molar-refractivity contribution in [3.05, 3.63) is 23.4 Å². The van der Waals surface area contributed by atoms with Gasteiger partial charge in [-0.25, -0.2) is 4.98 Å². The molecule has 1 aliphatic heterocycles. The summed E-state index contributed by atoms with van der Waals surface area (Å²) in [5, 5.41) is 0. The predicted molar refractivity (Wildman–Crippen MR) is 75.8 cm³/mol. The number of rotatable bonds is 2. The van der Waals surface area contributed by atoms with Crippen LogP contribution >= 0.6 is 0 Å². The van der Waals surface area contributed by atoms with Crippen LogP contribution in [0.2, 0.25) is 0 Å². The Hall–Kier alpha value is -1.05. The van der Waals surface area contributed by atoms with Gasteiger partial charge in [-0.15, -0.1) is 0 Å². The first kappa shape index (κ1) is 14.0. The Morgan fingerprint density at radius 2 is 2.12 bits per heavy atom. The molecule has 0 bridgehead atoms. The molecule has 2 nitrogen and oxygen atoms in total. The van der Waals surface area contributed by atoms with Gasteiger partial charge in [0.15, 0.2) is 0 Å². The van der Waals surface area contributed by atoms with Crippen LogP contribution in [-0.2, 0) is 0 Å². The van der Waals surface area contributed by atoms with Crippen molar-refractivity contribution in [2.24, 2.45) is 5.92 Å². The maximum atomic E-state index is 4.56. The van der Waals surface area contributed by atoms with Crippen LogP contribution in [0.1, 0.15) is 51.7 Å². The lowest BCUT2D eigenvalue weighted by Crippen LogP contribution is -2.21. The summed E-state index contributed by atoms with van der Waals surface area (Å²) in [5.74, 6) is 2.60. The average Bonchev–Trinajstić information content (AvgIpc) is 2.64. The van der Waals surface area contributed by atoms with Gasteiger partial charge < -0.3 is 4.90 Å². The molecule has 2 rings (SSSR count). The number of aromatic nitrogens is 1. The summed E-state index contributed by atoms with van der Waals surface area (Å²) in [6.45, 7) is 11.4. The van der Waals surface area contributed by atoms with Gasteiger partial charge in [0.05, 0.1) is 0 Å². The quantitative estimate of drug-likeness (QED) is 0.769. The van der Waals surface area contributed by atoms with Crippen LogP contribution in [0.3, 0.4) is 0 Å². The average molecular weight is 234 g/mol. The van der Waals surface area contributed by atoms with Gasteiger partial charge in [-0.3, -0.25) is 0 Å². The van der Waals surface area contributed by atoms with Gasteiger partial charge in [-0.05, 0) is 42.4 Å². The number of anilines is 1. The van der Waals surface area contributed by atoms with Crippen LogP contribution < -0.4 is 4.90 Å². The molecule has 1 fully saturated rings. The van der Waals surface area contributed by atoms with Crippen LogP contribution in [-0.4, -0.2) is 18.1 Å². The van der Waals surface area contributed by atoms with Gasteiger partial charge in [0.25, 0.3) is 0 Å². The normalized spacial score (nSPS) is 19.6. The Labute approximate surface area is 106 Å². The third-order valence-electron chi connectivity index (χ3n) is 3.56. The second-order valence-electron chi connectivity index (χ2n) is 5.34. The molecule has 1 saturated heterocycles. The minimum Gasteiger partial charge on any atom is -0.356 e. The van der Waals surface area contributed by atoms with Gasteiger partial charge in [0, 0.05) is 19.3 Å². The summed E-state index contributed by atoms with van der Waals surface area (Å²) in [6.07, 6.45) is 3.26. The fraction of sp³-hybridized carbons (Fsp3) is 0.667. The molecule has 96 valence electrons. The first-order valence-electron chi connectivity index (χ1n) is 6.30. The zero-order chi connectivity index (χ0) is 11.7. The summed E-state index contributed by atoms with van der Waals surface area (Å²) >= 11 is 0. The molecule has 1 aromatic heterocycles. The lowest BCUT2D eigenvalue weighted by molar-refractivity contribution is 0.658. The van der Waals surface area contributed by atoms with Gasteiger partial charge in [0.2, 0.25) is 0 Å². The molecular formula is C15H26N2. The van der Waals surface area contributed by atoms with Crippen LogP contribution in [0.25, 0.3) is 0 Å². The lowest BCUT2D eigenvalue weighted by atomic mass is 9.99. The third kappa shape index (κ3) is 2.80. The summed E-state index contributed by atoms with van der Waals surface area (Å²) in [4.78, 5) is 7.00. The molecule has 1 atom stereocenters. The highest BCUT2D eigenvalue weighted by Crippen LogP contribution is 2.29. The fourth-order valence-electron chi connectivity index (χ4n) is 2.61. The monoisotopic (exact) mass is 234 g/mol. The number of pyridine rings is 1. The highest BCUT2D eigenvalue weighted by Gasteiger charge is 2.22. The van der Waals surface area contributed by atoms with E-state index in [1.54, 1.807) is 0 Å². The summed E-state index contributed by atoms with van der Waals surface area (Å²) < 4.78 is 0. The van der Waals surface area contributed by atoms with E-state index in [-0.39, 0.29) is 7.43 Å². The molecular weight excluding hydrogens is 208 g/mol. The molecule has 1 aromatic rings. The highest BCUT2D eigenvalue weighted by atomic mass is 15.2. The van der Waals surface area contributed by atoms with E-state index in [1.807, 2.05) is 6.20 Å². The molecule has 0 saturated carbocycles. The van der Waals surface area contributed by atoms with E-state index in [0.29, 0.717) is 5.92 Å². The fourth-order valence-corrected chi connectivity index (χ4v) is 2.61. The van der Waals surface area contributed by atoms with Gasteiger partial charge >= 0.3 is 0 Å². The van der Waals surface area contributed by atoms with Crippen molar-refractivity contribution in [3.63, 3.8) is 0 Å². The van der Waals surface area contributed by atoms with Crippen LogP contribution in [0, 0.1) is 12.8 Å². The number of hydrogen-bond donors (Lipinski definition) is 0. The first-order chi connectivity index (χ1) is 7.59. The molecule has 0 aromatic carbocycles. The number of nitrogens with zero attached hydrogens (tertiary/aromatic N) is 2. The molecule has 2 heteroatoms. The van der Waals surface area contributed by atoms with Crippen LogP contribution in [0.15, 0.2) is 12.3 Å². The Morgan fingerprint density at radius 3 is 2.65 bits per heavy atom. The van der Waals surface area contributed by atoms with Crippen molar-refractivity contribution in [3.8, 4) is 0 Å². The zero-order valence-electron chi connectivity index (χ0n) is 10.8. The molecule has 0 N–H and O–H groups in total. The summed E-state index contributed by atoms with van der Waals surface area (Å²) in [6, 6.07) is 2.16. The molecule has 0 aliphatic carbocycles. The van der Waals surface area contributed by atoms with Gasteiger partial charge in [-0.2, -0.15) is 0 Å². The zero-order valence-corrected chi connectivity index (χ0v) is 10.8. The second kappa shape index (κ2) is 5.52.